The van der Waals surface area contributed by atoms with E-state index in [4.69, 9.17) is 9.97 Å². The third kappa shape index (κ3) is 3.61. The number of amides is 1. The van der Waals surface area contributed by atoms with Gasteiger partial charge in [-0.15, -0.1) is 0 Å². The van der Waals surface area contributed by atoms with E-state index in [2.05, 4.69) is 72.9 Å². The van der Waals surface area contributed by atoms with Crippen LogP contribution in [-0.4, -0.2) is 27.3 Å². The Hall–Kier alpha value is -3.73. The van der Waals surface area contributed by atoms with Crippen LogP contribution in [0.4, 0.5) is 5.95 Å². The zero-order chi connectivity index (χ0) is 23.2. The molecule has 2 heterocycles. The van der Waals surface area contributed by atoms with Crippen molar-refractivity contribution in [2.45, 2.75) is 45.7 Å². The van der Waals surface area contributed by atoms with Crippen LogP contribution in [-0.2, 0) is 24.2 Å². The maximum Gasteiger partial charge on any atom is 0.223 e. The maximum atomic E-state index is 11.9. The number of benzene rings is 3. The fourth-order valence-corrected chi connectivity index (χ4v) is 5.53. The second-order valence-electron chi connectivity index (χ2n) is 9.43. The number of anilines is 1. The van der Waals surface area contributed by atoms with Gasteiger partial charge in [-0.1, -0.05) is 48.5 Å². The summed E-state index contributed by atoms with van der Waals surface area (Å²) in [4.78, 5) is 23.5. The number of nitrogens with one attached hydrogen (secondary N) is 1. The number of aryl methyl sites for hydroxylation is 2. The number of aromatic nitrogens is 2. The summed E-state index contributed by atoms with van der Waals surface area (Å²) in [6.45, 7) is 5.17. The van der Waals surface area contributed by atoms with Crippen molar-refractivity contribution in [3.63, 3.8) is 0 Å². The van der Waals surface area contributed by atoms with E-state index in [9.17, 15) is 4.79 Å². The van der Waals surface area contributed by atoms with E-state index in [1.54, 1.807) is 6.92 Å². The summed E-state index contributed by atoms with van der Waals surface area (Å²) in [7, 11) is 0. The second kappa shape index (κ2) is 8.24. The molecule has 1 aromatic heterocycles. The summed E-state index contributed by atoms with van der Waals surface area (Å²) in [5.41, 5.74) is 9.71. The van der Waals surface area contributed by atoms with E-state index in [1.165, 1.54) is 33.4 Å². The first-order valence-corrected chi connectivity index (χ1v) is 12.1. The van der Waals surface area contributed by atoms with Gasteiger partial charge < -0.3 is 10.2 Å². The SMILES string of the molecule is CC(=O)N1CCc2c(cccc2-c2ccc3nc(NC4CCc5ccccc54)nc(C)c3c2)C1. The van der Waals surface area contributed by atoms with Gasteiger partial charge in [0.15, 0.2) is 0 Å². The summed E-state index contributed by atoms with van der Waals surface area (Å²) < 4.78 is 0. The summed E-state index contributed by atoms with van der Waals surface area (Å²) >= 11 is 0. The number of rotatable bonds is 3. The maximum absolute atomic E-state index is 11.9. The van der Waals surface area contributed by atoms with Crippen molar-refractivity contribution in [2.24, 2.45) is 0 Å². The lowest BCUT2D eigenvalue weighted by Crippen LogP contribution is -2.34. The predicted molar refractivity (Wildman–Crippen MR) is 136 cm³/mol. The fraction of sp³-hybridized carbons (Fsp3) is 0.276. The minimum atomic E-state index is 0.139. The summed E-state index contributed by atoms with van der Waals surface area (Å²) in [5, 5.41) is 4.65. The van der Waals surface area contributed by atoms with E-state index in [0.717, 1.165) is 42.4 Å². The summed E-state index contributed by atoms with van der Waals surface area (Å²) in [6.07, 6.45) is 3.04. The largest absolute Gasteiger partial charge is 0.347 e. The molecule has 0 radical (unpaired) electrons. The molecule has 5 nitrogen and oxygen atoms in total. The lowest BCUT2D eigenvalue weighted by Gasteiger charge is -2.29. The third-order valence-corrected chi connectivity index (χ3v) is 7.34. The van der Waals surface area contributed by atoms with Crippen molar-refractivity contribution in [3.05, 3.63) is 88.6 Å². The van der Waals surface area contributed by atoms with E-state index in [0.29, 0.717) is 12.5 Å². The van der Waals surface area contributed by atoms with Crippen molar-refractivity contribution >= 4 is 22.8 Å². The quantitative estimate of drug-likeness (QED) is 0.443. The average Bonchev–Trinajstić information content (AvgIpc) is 3.26. The molecular formula is C29H28N4O. The van der Waals surface area contributed by atoms with Gasteiger partial charge >= 0.3 is 0 Å². The predicted octanol–water partition coefficient (Wildman–Crippen LogP) is 5.61. The van der Waals surface area contributed by atoms with Gasteiger partial charge in [0.25, 0.3) is 0 Å². The standard InChI is InChI=1S/C29H28N4O/c1-18-26-16-21(23-9-5-7-22-17-33(19(2)34)15-14-24(22)23)11-13-28(26)32-29(30-18)31-27-12-10-20-6-3-4-8-25(20)27/h3-9,11,13,16,27H,10,12,14-15,17H2,1-2H3,(H,30,31,32). The Morgan fingerprint density at radius 1 is 1.00 bits per heavy atom. The van der Waals surface area contributed by atoms with Gasteiger partial charge in [-0.2, -0.15) is 0 Å². The monoisotopic (exact) mass is 448 g/mol. The summed E-state index contributed by atoms with van der Waals surface area (Å²) in [6, 6.07) is 21.8. The van der Waals surface area contributed by atoms with Crippen molar-refractivity contribution in [2.75, 3.05) is 11.9 Å². The lowest BCUT2D eigenvalue weighted by atomic mass is 9.90. The van der Waals surface area contributed by atoms with Crippen LogP contribution in [0.2, 0.25) is 0 Å². The van der Waals surface area contributed by atoms with E-state index in [-0.39, 0.29) is 11.9 Å². The number of hydrogen-bond donors (Lipinski definition) is 1. The molecule has 4 aromatic rings. The van der Waals surface area contributed by atoms with E-state index < -0.39 is 0 Å². The van der Waals surface area contributed by atoms with Crippen LogP contribution in [0.3, 0.4) is 0 Å². The van der Waals surface area contributed by atoms with Crippen LogP contribution in [0.15, 0.2) is 60.7 Å². The molecule has 0 bridgehead atoms. The Labute approximate surface area is 199 Å². The molecule has 2 aliphatic rings. The van der Waals surface area contributed by atoms with Crippen molar-refractivity contribution in [1.82, 2.24) is 14.9 Å². The van der Waals surface area contributed by atoms with Crippen LogP contribution >= 0.6 is 0 Å². The van der Waals surface area contributed by atoms with Gasteiger partial charge in [0, 0.05) is 25.4 Å². The Kier molecular flexibility index (Phi) is 5.05. The Balaban J connectivity index is 1.32. The lowest BCUT2D eigenvalue weighted by molar-refractivity contribution is -0.129. The van der Waals surface area contributed by atoms with E-state index >= 15 is 0 Å². The first-order chi connectivity index (χ1) is 16.6. The molecule has 1 unspecified atom stereocenters. The average molecular weight is 449 g/mol. The van der Waals surface area contributed by atoms with E-state index in [1.807, 2.05) is 4.90 Å². The molecule has 1 amide bonds. The molecule has 0 saturated heterocycles. The Morgan fingerprint density at radius 2 is 1.85 bits per heavy atom. The molecule has 1 atom stereocenters. The van der Waals surface area contributed by atoms with Gasteiger partial charge in [-0.25, -0.2) is 9.97 Å². The second-order valence-corrected chi connectivity index (χ2v) is 9.43. The van der Waals surface area contributed by atoms with Crippen molar-refractivity contribution in [1.29, 1.82) is 0 Å². The molecule has 6 rings (SSSR count). The summed E-state index contributed by atoms with van der Waals surface area (Å²) in [5.74, 6) is 0.834. The smallest absolute Gasteiger partial charge is 0.223 e. The minimum absolute atomic E-state index is 0.139. The molecule has 0 fully saturated rings. The Morgan fingerprint density at radius 3 is 2.74 bits per heavy atom. The van der Waals surface area contributed by atoms with Gasteiger partial charge in [0.1, 0.15) is 0 Å². The normalized spacial score (nSPS) is 16.9. The van der Waals surface area contributed by atoms with Gasteiger partial charge in [0.05, 0.1) is 17.3 Å². The highest BCUT2D eigenvalue weighted by atomic mass is 16.2. The number of carbonyl (C=O) groups excluding carboxylic acids is 1. The van der Waals surface area contributed by atoms with Crippen LogP contribution in [0.25, 0.3) is 22.0 Å². The molecule has 0 spiro atoms. The molecule has 170 valence electrons. The number of nitrogens with zero attached hydrogens (tertiary/aromatic N) is 3. The van der Waals surface area contributed by atoms with Crippen LogP contribution in [0, 0.1) is 6.92 Å². The molecule has 5 heteroatoms. The number of carbonyl (C=O) groups is 1. The molecule has 1 N–H and O–H groups in total. The molecule has 0 saturated carbocycles. The van der Waals surface area contributed by atoms with Gasteiger partial charge in [-0.05, 0) is 71.7 Å². The zero-order valence-electron chi connectivity index (χ0n) is 19.6. The van der Waals surface area contributed by atoms with Crippen LogP contribution in [0.5, 0.6) is 0 Å². The zero-order valence-corrected chi connectivity index (χ0v) is 19.6. The highest BCUT2D eigenvalue weighted by molar-refractivity contribution is 5.88. The highest BCUT2D eigenvalue weighted by Gasteiger charge is 2.23. The van der Waals surface area contributed by atoms with Crippen LogP contribution < -0.4 is 5.32 Å². The highest BCUT2D eigenvalue weighted by Crippen LogP contribution is 2.35. The minimum Gasteiger partial charge on any atom is -0.347 e. The molecule has 1 aliphatic heterocycles. The van der Waals surface area contributed by atoms with Crippen molar-refractivity contribution in [3.8, 4) is 11.1 Å². The first-order valence-electron chi connectivity index (χ1n) is 12.1. The van der Waals surface area contributed by atoms with Gasteiger partial charge in [0.2, 0.25) is 11.9 Å². The number of hydrogen-bond acceptors (Lipinski definition) is 4. The molecule has 1 aliphatic carbocycles. The first kappa shape index (κ1) is 20.8. The third-order valence-electron chi connectivity index (χ3n) is 7.34. The van der Waals surface area contributed by atoms with Crippen molar-refractivity contribution < 1.29 is 4.79 Å². The number of fused-ring (bicyclic) bond motifs is 3. The molecule has 3 aromatic carbocycles. The molecule has 34 heavy (non-hydrogen) atoms. The Bertz CT molecular complexity index is 1430. The van der Waals surface area contributed by atoms with Gasteiger partial charge in [-0.3, -0.25) is 4.79 Å². The van der Waals surface area contributed by atoms with Crippen LogP contribution in [0.1, 0.15) is 47.3 Å². The fourth-order valence-electron chi connectivity index (χ4n) is 5.53. The molecular weight excluding hydrogens is 420 g/mol. The topological polar surface area (TPSA) is 58.1 Å².